The molecule has 0 aliphatic rings. The van der Waals surface area contributed by atoms with Crippen LogP contribution in [0.15, 0.2) is 164 Å². The molecule has 0 radical (unpaired) electrons. The van der Waals surface area contributed by atoms with Gasteiger partial charge in [-0.1, -0.05) is 329 Å². The van der Waals surface area contributed by atoms with Crippen LogP contribution in [0.1, 0.15) is 260 Å². The SMILES string of the molecule is Cc1c(C(C)(C)C)cc(C(C)(C)C)c2ccccc12.Cc1c(C(C)(C)C)cc(C(C)C)c2ccccc12.Cc1c(C(C)(C)C)ccc2ccccc12.Cc1cc(C(C)(C)C)c(C)c2ccccc12.Cc1cc(C)c(C)c(C(C)(C)C)c1.Cc1ccccc1C(C)(C)C. The topological polar surface area (TPSA) is 0 Å². The Morgan fingerprint density at radius 1 is 0.217 bits per heavy atom. The van der Waals surface area contributed by atoms with Crippen molar-refractivity contribution in [2.24, 2.45) is 0 Å². The average Bonchev–Trinajstić information content (AvgIpc) is 0.780. The molecule has 92 heavy (non-hydrogen) atoms. The normalized spacial score (nSPS) is 12.2. The van der Waals surface area contributed by atoms with Crippen LogP contribution >= 0.6 is 0 Å². The summed E-state index contributed by atoms with van der Waals surface area (Å²) in [5, 5.41) is 11.1. The van der Waals surface area contributed by atoms with E-state index < -0.39 is 0 Å². The number of fused-ring (bicyclic) bond motifs is 4. The molecular weight excluding hydrogens is 1110 g/mol. The van der Waals surface area contributed by atoms with Crippen LogP contribution in [0.2, 0.25) is 0 Å². The summed E-state index contributed by atoms with van der Waals surface area (Å²) in [6.07, 6.45) is 0. The molecule has 0 aliphatic carbocycles. The number of hydrogen-bond acceptors (Lipinski definition) is 0. The summed E-state index contributed by atoms with van der Waals surface area (Å²) >= 11 is 0. The first-order valence-electron chi connectivity index (χ1n) is 34.4. The van der Waals surface area contributed by atoms with Crippen molar-refractivity contribution < 1.29 is 0 Å². The number of rotatable bonds is 1. The largest absolute Gasteiger partial charge is 0.0620 e. The van der Waals surface area contributed by atoms with Gasteiger partial charge in [-0.25, -0.2) is 0 Å². The average molecular weight is 1230 g/mol. The van der Waals surface area contributed by atoms with E-state index in [9.17, 15) is 0 Å². The van der Waals surface area contributed by atoms with Crippen LogP contribution in [0.4, 0.5) is 0 Å². The minimum atomic E-state index is 0.174. The van der Waals surface area contributed by atoms with Crippen LogP contribution in [-0.2, 0) is 37.9 Å². The highest BCUT2D eigenvalue weighted by Crippen LogP contribution is 2.40. The van der Waals surface area contributed by atoms with Crippen molar-refractivity contribution in [3.05, 3.63) is 258 Å². The molecule has 0 amide bonds. The van der Waals surface area contributed by atoms with E-state index >= 15 is 0 Å². The van der Waals surface area contributed by atoms with Gasteiger partial charge in [0.15, 0.2) is 0 Å². The van der Waals surface area contributed by atoms with Crippen LogP contribution in [0, 0.1) is 62.3 Å². The Balaban J connectivity index is 0.000000202. The van der Waals surface area contributed by atoms with Gasteiger partial charge in [0.1, 0.15) is 0 Å². The molecule has 0 aromatic heterocycles. The fraction of sp³-hybridized carbons (Fsp3) is 0.435. The third-order valence-corrected chi connectivity index (χ3v) is 18.6. The lowest BCUT2D eigenvalue weighted by Gasteiger charge is -2.29. The Morgan fingerprint density at radius 2 is 0.554 bits per heavy atom. The molecule has 0 spiro atoms. The Kier molecular flexibility index (Phi) is 24.5. The summed E-state index contributed by atoms with van der Waals surface area (Å²) in [7, 11) is 0. The second-order valence-electron chi connectivity index (χ2n) is 34.2. The smallest absolute Gasteiger partial charge is 0.0126 e. The summed E-state index contributed by atoms with van der Waals surface area (Å²) in [4.78, 5) is 0. The van der Waals surface area contributed by atoms with Crippen LogP contribution in [-0.4, -0.2) is 0 Å². The molecule has 0 heterocycles. The second-order valence-corrected chi connectivity index (χ2v) is 34.2. The van der Waals surface area contributed by atoms with E-state index in [1.807, 2.05) is 0 Å². The lowest BCUT2D eigenvalue weighted by atomic mass is 9.76. The van der Waals surface area contributed by atoms with Crippen molar-refractivity contribution in [1.29, 1.82) is 0 Å². The summed E-state index contributed by atoms with van der Waals surface area (Å²) in [6.45, 7) is 72.4. The molecule has 0 saturated carbocycles. The maximum atomic E-state index is 2.43. The van der Waals surface area contributed by atoms with Crippen molar-refractivity contribution in [2.45, 2.75) is 265 Å². The monoisotopic (exact) mass is 1230 g/mol. The summed E-state index contributed by atoms with van der Waals surface area (Å²) in [5.74, 6) is 0.566. The molecule has 10 aromatic carbocycles. The van der Waals surface area contributed by atoms with Crippen LogP contribution in [0.5, 0.6) is 0 Å². The van der Waals surface area contributed by atoms with Crippen molar-refractivity contribution in [2.75, 3.05) is 0 Å². The minimum absolute atomic E-state index is 0.174. The molecule has 0 heteroatoms. The Bertz CT molecular complexity index is 4110. The first-order chi connectivity index (χ1) is 42.2. The standard InChI is InChI=1S/C19H26.C18H24.C16H20.C15H18.C13H20.C11H16/c1-13-14-10-8-9-11-15(14)17(19(5,6)7)12-16(13)18(2,3)4;1-12(2)16-11-17(18(4,5)6)13(3)14-9-7-8-10-15(14)16;1-11-10-15(16(3,4)5)12(2)14-9-7-6-8-13(11)14;1-11-13-8-6-5-7-12(13)9-10-14(11)15(2,3)4;1-9-7-10(2)11(3)12(8-9)13(4,5)6;1-9-7-5-6-8-10(9)11(2,3)4/h8-12H,1-7H3;7-12H,1-6H3;6-10H,1-5H3;5-10H,1-4H3;7-8H,1-6H3;5-8H,1-4H3. The van der Waals surface area contributed by atoms with E-state index in [1.54, 1.807) is 0 Å². The Labute approximate surface area is 563 Å². The van der Waals surface area contributed by atoms with E-state index in [0.29, 0.717) is 5.92 Å². The Morgan fingerprint density at radius 3 is 0.989 bits per heavy atom. The van der Waals surface area contributed by atoms with Gasteiger partial charge in [0.05, 0.1) is 0 Å². The van der Waals surface area contributed by atoms with Crippen LogP contribution in [0.25, 0.3) is 43.1 Å². The van der Waals surface area contributed by atoms with E-state index in [1.165, 1.54) is 138 Å². The van der Waals surface area contributed by atoms with Gasteiger partial charge in [0.25, 0.3) is 0 Å². The lowest BCUT2D eigenvalue weighted by Crippen LogP contribution is -2.18. The zero-order valence-electron chi connectivity index (χ0n) is 64.2. The van der Waals surface area contributed by atoms with Crippen molar-refractivity contribution >= 4 is 43.1 Å². The molecule has 0 aliphatic heterocycles. The molecule has 0 unspecified atom stereocenters. The zero-order chi connectivity index (χ0) is 69.6. The van der Waals surface area contributed by atoms with E-state index in [4.69, 9.17) is 0 Å². The predicted molar refractivity (Wildman–Crippen MR) is 416 cm³/mol. The first-order valence-corrected chi connectivity index (χ1v) is 34.4. The summed E-state index contributed by atoms with van der Waals surface area (Å²) in [6, 6.07) is 59.7. The maximum absolute atomic E-state index is 2.43. The van der Waals surface area contributed by atoms with Gasteiger partial charge in [-0.2, -0.15) is 0 Å². The predicted octanol–water partition coefficient (Wildman–Crippen LogP) is 27.7. The molecule has 0 saturated heterocycles. The molecule has 10 rings (SSSR count). The van der Waals surface area contributed by atoms with E-state index in [-0.39, 0.29) is 37.9 Å². The summed E-state index contributed by atoms with van der Waals surface area (Å²) < 4.78 is 0. The summed E-state index contributed by atoms with van der Waals surface area (Å²) in [5.41, 5.74) is 26.0. The van der Waals surface area contributed by atoms with Gasteiger partial charge in [-0.05, 0) is 238 Å². The van der Waals surface area contributed by atoms with E-state index in [0.717, 1.165) is 0 Å². The molecule has 0 bridgehead atoms. The van der Waals surface area contributed by atoms with Crippen molar-refractivity contribution in [3.63, 3.8) is 0 Å². The Hall–Kier alpha value is -6.76. The second kappa shape index (κ2) is 29.7. The highest BCUT2D eigenvalue weighted by molar-refractivity contribution is 5.92. The fourth-order valence-electron chi connectivity index (χ4n) is 13.7. The van der Waals surface area contributed by atoms with Crippen LogP contribution in [0.3, 0.4) is 0 Å². The van der Waals surface area contributed by atoms with Gasteiger partial charge >= 0.3 is 0 Å². The minimum Gasteiger partial charge on any atom is -0.0620 e. The fourth-order valence-corrected chi connectivity index (χ4v) is 13.7. The van der Waals surface area contributed by atoms with E-state index in [2.05, 4.69) is 385 Å². The molecule has 0 atom stereocenters. The number of hydrogen-bond donors (Lipinski definition) is 0. The molecule has 492 valence electrons. The van der Waals surface area contributed by atoms with Gasteiger partial charge in [-0.3, -0.25) is 0 Å². The molecule has 0 N–H and O–H groups in total. The highest BCUT2D eigenvalue weighted by Gasteiger charge is 2.26. The van der Waals surface area contributed by atoms with Crippen molar-refractivity contribution in [3.8, 4) is 0 Å². The van der Waals surface area contributed by atoms with Crippen LogP contribution < -0.4 is 0 Å². The van der Waals surface area contributed by atoms with Gasteiger partial charge < -0.3 is 0 Å². The highest BCUT2D eigenvalue weighted by atomic mass is 14.3. The number of benzene rings is 10. The molecule has 0 nitrogen and oxygen atoms in total. The third kappa shape index (κ3) is 19.2. The van der Waals surface area contributed by atoms with Gasteiger partial charge in [0.2, 0.25) is 0 Å². The zero-order valence-corrected chi connectivity index (χ0v) is 64.2. The molecule has 10 aromatic rings. The number of aryl methyl sites for hydroxylation is 8. The van der Waals surface area contributed by atoms with Crippen molar-refractivity contribution in [1.82, 2.24) is 0 Å². The lowest BCUT2D eigenvalue weighted by molar-refractivity contribution is 0.570. The van der Waals surface area contributed by atoms with Gasteiger partial charge in [0, 0.05) is 0 Å². The third-order valence-electron chi connectivity index (χ3n) is 18.6. The first kappa shape index (κ1) is 76.0. The quantitative estimate of drug-likeness (QED) is 0.154. The molecule has 0 fully saturated rings. The molecular formula is C92H124. The van der Waals surface area contributed by atoms with Gasteiger partial charge in [-0.15, -0.1) is 0 Å². The maximum Gasteiger partial charge on any atom is -0.0126 e.